The molecule has 0 aromatic heterocycles. The van der Waals surface area contributed by atoms with Crippen molar-refractivity contribution in [3.05, 3.63) is 12.8 Å². The molecule has 13 heavy (non-hydrogen) atoms. The molecule has 0 radical (unpaired) electrons. The number of hydrogen-bond acceptors (Lipinski definition) is 1. The lowest BCUT2D eigenvalue weighted by Gasteiger charge is -2.01. The van der Waals surface area contributed by atoms with Crippen LogP contribution in [-0.4, -0.2) is 23.1 Å². The number of nitrogens with zero attached hydrogens (tertiary/aromatic N) is 1. The van der Waals surface area contributed by atoms with Gasteiger partial charge in [0.1, 0.15) is 0 Å². The van der Waals surface area contributed by atoms with E-state index in [1.165, 1.54) is 38.9 Å². The molecule has 3 nitrogen and oxygen atoms in total. The van der Waals surface area contributed by atoms with Crippen LogP contribution in [0.1, 0.15) is 39.5 Å². The maximum Gasteiger partial charge on any atom is 0.411 e. The van der Waals surface area contributed by atoms with Crippen LogP contribution in [0.15, 0.2) is 12.8 Å². The third kappa shape index (κ3) is 13.9. The van der Waals surface area contributed by atoms with Crippen LogP contribution in [0.2, 0.25) is 0 Å². The lowest BCUT2D eigenvalue weighted by Crippen LogP contribution is -2.16. The molecule has 0 heterocycles. The zero-order valence-corrected chi connectivity index (χ0v) is 8.92. The Hall–Kier alpha value is -0.990. The predicted octanol–water partition coefficient (Wildman–Crippen LogP) is 3.33. The van der Waals surface area contributed by atoms with Crippen LogP contribution in [0.25, 0.3) is 0 Å². The van der Waals surface area contributed by atoms with E-state index in [1.807, 2.05) is 0 Å². The smallest absolute Gasteiger partial charge is 0.411 e. The van der Waals surface area contributed by atoms with Gasteiger partial charge in [-0.05, 0) is 0 Å². The monoisotopic (exact) mass is 187 g/mol. The molecule has 0 aromatic carbocycles. The molecule has 0 aromatic rings. The van der Waals surface area contributed by atoms with Crippen LogP contribution in [0.4, 0.5) is 4.79 Å². The van der Waals surface area contributed by atoms with E-state index in [2.05, 4.69) is 20.4 Å². The summed E-state index contributed by atoms with van der Waals surface area (Å²) in [5.41, 5.74) is 0. The molecule has 0 fully saturated rings. The second kappa shape index (κ2) is 11.0. The summed E-state index contributed by atoms with van der Waals surface area (Å²) < 4.78 is 0. The quantitative estimate of drug-likeness (QED) is 0.686. The molecular formula is C10H21NO2. The first-order valence-electron chi connectivity index (χ1n) is 4.68. The molecule has 1 amide bonds. The molecule has 0 atom stereocenters. The number of rotatable bonds is 4. The molecule has 3 heteroatoms. The van der Waals surface area contributed by atoms with Crippen molar-refractivity contribution in [2.24, 2.45) is 0 Å². The molecule has 0 bridgehead atoms. The topological polar surface area (TPSA) is 40.5 Å². The molecule has 0 spiro atoms. The summed E-state index contributed by atoms with van der Waals surface area (Å²) in [7, 11) is 1.41. The summed E-state index contributed by atoms with van der Waals surface area (Å²) in [5.74, 6) is 0. The van der Waals surface area contributed by atoms with E-state index in [9.17, 15) is 4.79 Å². The van der Waals surface area contributed by atoms with Gasteiger partial charge in [0.25, 0.3) is 0 Å². The number of carbonyl (C=O) groups is 1. The van der Waals surface area contributed by atoms with Gasteiger partial charge >= 0.3 is 6.09 Å². The van der Waals surface area contributed by atoms with Gasteiger partial charge in [-0.2, -0.15) is 0 Å². The van der Waals surface area contributed by atoms with Crippen LogP contribution >= 0.6 is 0 Å². The number of hydrogen-bond donors (Lipinski definition) is 1. The number of amides is 1. The Kier molecular flexibility index (Phi) is 12.3. The van der Waals surface area contributed by atoms with Crippen molar-refractivity contribution in [2.45, 2.75) is 39.5 Å². The average Bonchev–Trinajstić information content (AvgIpc) is 2.14. The highest BCUT2D eigenvalue weighted by atomic mass is 16.4. The zero-order chi connectivity index (χ0) is 10.7. The van der Waals surface area contributed by atoms with Gasteiger partial charge in [0.2, 0.25) is 0 Å². The number of unbranched alkanes of at least 4 members (excludes halogenated alkanes) is 3. The molecule has 1 N–H and O–H groups in total. The molecule has 0 aliphatic carbocycles. The standard InChI is InChI=1S/C6H14.C4H7NO2/c1-3-5-6-4-2;1-3-5(2)4(6)7/h3-6H2,1-2H3;3H,1H2,2H3,(H,6,7). The Morgan fingerprint density at radius 1 is 1.38 bits per heavy atom. The summed E-state index contributed by atoms with van der Waals surface area (Å²) >= 11 is 0. The molecule has 0 saturated carbocycles. The Morgan fingerprint density at radius 3 is 1.85 bits per heavy atom. The van der Waals surface area contributed by atoms with E-state index >= 15 is 0 Å². The average molecular weight is 187 g/mol. The van der Waals surface area contributed by atoms with Gasteiger partial charge < -0.3 is 5.11 Å². The van der Waals surface area contributed by atoms with E-state index in [0.29, 0.717) is 0 Å². The normalized spacial score (nSPS) is 8.23. The Balaban J connectivity index is 0. The summed E-state index contributed by atoms with van der Waals surface area (Å²) in [4.78, 5) is 10.8. The van der Waals surface area contributed by atoms with Crippen LogP contribution in [0.3, 0.4) is 0 Å². The van der Waals surface area contributed by atoms with Gasteiger partial charge in [-0.25, -0.2) is 4.79 Å². The van der Waals surface area contributed by atoms with Crippen molar-refractivity contribution in [2.75, 3.05) is 7.05 Å². The lowest BCUT2D eigenvalue weighted by atomic mass is 10.2. The largest absolute Gasteiger partial charge is 0.465 e. The van der Waals surface area contributed by atoms with Crippen molar-refractivity contribution in [3.63, 3.8) is 0 Å². The molecule has 0 unspecified atom stereocenters. The fraction of sp³-hybridized carbons (Fsp3) is 0.700. The summed E-state index contributed by atoms with van der Waals surface area (Å²) in [6, 6.07) is 0. The van der Waals surface area contributed by atoms with Crippen LogP contribution < -0.4 is 0 Å². The van der Waals surface area contributed by atoms with Crippen molar-refractivity contribution in [1.29, 1.82) is 0 Å². The minimum absolute atomic E-state index is 0.972. The van der Waals surface area contributed by atoms with Crippen LogP contribution in [0, 0.1) is 0 Å². The molecule has 0 rings (SSSR count). The summed E-state index contributed by atoms with van der Waals surface area (Å²) in [6.45, 7) is 7.69. The van der Waals surface area contributed by atoms with E-state index < -0.39 is 6.09 Å². The van der Waals surface area contributed by atoms with Gasteiger partial charge in [0.05, 0.1) is 0 Å². The molecule has 0 aliphatic rings. The Labute approximate surface area is 81.1 Å². The zero-order valence-electron chi connectivity index (χ0n) is 8.92. The third-order valence-corrected chi connectivity index (χ3v) is 1.53. The van der Waals surface area contributed by atoms with Crippen molar-refractivity contribution >= 4 is 6.09 Å². The van der Waals surface area contributed by atoms with Crippen LogP contribution in [0.5, 0.6) is 0 Å². The van der Waals surface area contributed by atoms with Gasteiger partial charge in [-0.1, -0.05) is 46.1 Å². The highest BCUT2D eigenvalue weighted by molar-refractivity contribution is 5.65. The Bertz CT molecular complexity index is 131. The van der Waals surface area contributed by atoms with Gasteiger partial charge in [-0.3, -0.25) is 4.90 Å². The molecule has 0 saturated heterocycles. The van der Waals surface area contributed by atoms with Crippen molar-refractivity contribution in [3.8, 4) is 0 Å². The maximum absolute atomic E-state index is 9.78. The van der Waals surface area contributed by atoms with Gasteiger partial charge in [-0.15, -0.1) is 0 Å². The minimum atomic E-state index is -0.991. The van der Waals surface area contributed by atoms with Gasteiger partial charge in [0, 0.05) is 13.2 Å². The lowest BCUT2D eigenvalue weighted by molar-refractivity contribution is 0.170. The summed E-state index contributed by atoms with van der Waals surface area (Å²) in [6.07, 6.45) is 5.77. The maximum atomic E-state index is 9.78. The second-order valence-corrected chi connectivity index (χ2v) is 2.78. The highest BCUT2D eigenvalue weighted by Gasteiger charge is 1.95. The van der Waals surface area contributed by atoms with Crippen LogP contribution in [-0.2, 0) is 0 Å². The van der Waals surface area contributed by atoms with E-state index in [1.54, 1.807) is 0 Å². The fourth-order valence-electron chi connectivity index (χ4n) is 0.578. The van der Waals surface area contributed by atoms with E-state index in [0.717, 1.165) is 4.90 Å². The summed E-state index contributed by atoms with van der Waals surface area (Å²) in [5, 5.41) is 8.04. The van der Waals surface area contributed by atoms with E-state index in [4.69, 9.17) is 5.11 Å². The molecular weight excluding hydrogens is 166 g/mol. The van der Waals surface area contributed by atoms with Crippen molar-refractivity contribution in [1.82, 2.24) is 4.90 Å². The molecule has 0 aliphatic heterocycles. The SMILES string of the molecule is C=CN(C)C(=O)O.CCCCCC. The van der Waals surface area contributed by atoms with E-state index in [-0.39, 0.29) is 0 Å². The molecule has 78 valence electrons. The first-order valence-corrected chi connectivity index (χ1v) is 4.68. The highest BCUT2D eigenvalue weighted by Crippen LogP contribution is 1.95. The third-order valence-electron chi connectivity index (χ3n) is 1.53. The van der Waals surface area contributed by atoms with Crippen molar-refractivity contribution < 1.29 is 9.90 Å². The fourth-order valence-corrected chi connectivity index (χ4v) is 0.578. The number of carboxylic acid groups (broad SMARTS) is 1. The first kappa shape index (κ1) is 14.5. The predicted molar refractivity (Wildman–Crippen MR) is 55.8 cm³/mol. The van der Waals surface area contributed by atoms with Gasteiger partial charge in [0.15, 0.2) is 0 Å². The minimum Gasteiger partial charge on any atom is -0.465 e. The second-order valence-electron chi connectivity index (χ2n) is 2.78. The Morgan fingerprint density at radius 2 is 1.77 bits per heavy atom. The first-order chi connectivity index (χ1) is 6.09.